The van der Waals surface area contributed by atoms with Gasteiger partial charge in [-0.15, -0.1) is 0 Å². The Kier molecular flexibility index (Phi) is 5.01. The number of likely N-dealkylation sites (tertiary alicyclic amines) is 1. The monoisotopic (exact) mass is 296 g/mol. The molecule has 2 N–H and O–H groups in total. The molecule has 0 aliphatic carbocycles. The molecule has 2 unspecified atom stereocenters. The number of anilines is 1. The van der Waals surface area contributed by atoms with Crippen molar-refractivity contribution >= 4 is 11.7 Å². The lowest BCUT2D eigenvalue weighted by atomic mass is 9.94. The Labute approximate surface area is 123 Å². The molecule has 21 heavy (non-hydrogen) atoms. The zero-order valence-corrected chi connectivity index (χ0v) is 12.3. The molecule has 5 nitrogen and oxygen atoms in total. The van der Waals surface area contributed by atoms with Crippen LogP contribution in [0, 0.1) is 11.7 Å². The van der Waals surface area contributed by atoms with E-state index >= 15 is 0 Å². The summed E-state index contributed by atoms with van der Waals surface area (Å²) in [5.74, 6) is 0.0549. The molecule has 1 fully saturated rings. The zero-order chi connectivity index (χ0) is 15.4. The molecule has 2 atom stereocenters. The first-order valence-corrected chi connectivity index (χ1v) is 7.08. The van der Waals surface area contributed by atoms with Gasteiger partial charge in [0, 0.05) is 25.1 Å². The third-order valence-electron chi connectivity index (χ3n) is 3.83. The number of carbonyl (C=O) groups is 1. The Morgan fingerprint density at radius 2 is 2.33 bits per heavy atom. The number of methoxy groups -OCH3 is 1. The summed E-state index contributed by atoms with van der Waals surface area (Å²) in [6.45, 7) is 2.87. The number of carbonyl (C=O) groups excluding carboxylic acids is 1. The Morgan fingerprint density at radius 3 is 3.00 bits per heavy atom. The van der Waals surface area contributed by atoms with Gasteiger partial charge in [0.15, 0.2) is 0 Å². The second kappa shape index (κ2) is 6.76. The maximum atomic E-state index is 13.3. The Balaban J connectivity index is 2.06. The van der Waals surface area contributed by atoms with Crippen LogP contribution in [0.2, 0.25) is 0 Å². The maximum Gasteiger partial charge on any atom is 0.321 e. The van der Waals surface area contributed by atoms with Gasteiger partial charge in [-0.3, -0.25) is 0 Å². The van der Waals surface area contributed by atoms with Crippen LogP contribution >= 0.6 is 0 Å². The van der Waals surface area contributed by atoms with E-state index in [1.165, 1.54) is 25.3 Å². The molecule has 0 spiro atoms. The van der Waals surface area contributed by atoms with Crippen LogP contribution in [0.5, 0.6) is 5.75 Å². The van der Waals surface area contributed by atoms with Gasteiger partial charge >= 0.3 is 6.03 Å². The number of piperidine rings is 1. The van der Waals surface area contributed by atoms with Crippen molar-refractivity contribution < 1.29 is 19.0 Å². The van der Waals surface area contributed by atoms with Crippen molar-refractivity contribution in [3.63, 3.8) is 0 Å². The molecule has 2 rings (SSSR count). The fourth-order valence-corrected chi connectivity index (χ4v) is 2.56. The largest absolute Gasteiger partial charge is 0.495 e. The molecule has 1 saturated heterocycles. The number of hydrogen-bond donors (Lipinski definition) is 2. The molecule has 2 amide bonds. The first-order chi connectivity index (χ1) is 10.0. The van der Waals surface area contributed by atoms with Crippen molar-refractivity contribution in [2.75, 3.05) is 25.5 Å². The van der Waals surface area contributed by atoms with Crippen LogP contribution in [0.25, 0.3) is 0 Å². The van der Waals surface area contributed by atoms with E-state index in [1.54, 1.807) is 11.8 Å². The Hall–Kier alpha value is -1.82. The van der Waals surface area contributed by atoms with Gasteiger partial charge in [0.05, 0.1) is 18.9 Å². The fraction of sp³-hybridized carbons (Fsp3) is 0.533. The molecule has 0 radical (unpaired) electrons. The van der Waals surface area contributed by atoms with Gasteiger partial charge in [0.25, 0.3) is 0 Å². The Bertz CT molecular complexity index is 508. The van der Waals surface area contributed by atoms with Crippen LogP contribution in [0.4, 0.5) is 14.9 Å². The van der Waals surface area contributed by atoms with Gasteiger partial charge in [0.1, 0.15) is 11.6 Å². The number of benzene rings is 1. The zero-order valence-electron chi connectivity index (χ0n) is 12.3. The number of amides is 2. The summed E-state index contributed by atoms with van der Waals surface area (Å²) in [5, 5.41) is 12.3. The summed E-state index contributed by atoms with van der Waals surface area (Å²) in [4.78, 5) is 13.9. The maximum absolute atomic E-state index is 13.3. The number of halogens is 1. The first-order valence-electron chi connectivity index (χ1n) is 7.08. The van der Waals surface area contributed by atoms with Crippen molar-refractivity contribution in [1.82, 2.24) is 4.90 Å². The summed E-state index contributed by atoms with van der Waals surface area (Å²) < 4.78 is 18.4. The summed E-state index contributed by atoms with van der Waals surface area (Å²) in [5.41, 5.74) is 0.307. The lowest BCUT2D eigenvalue weighted by molar-refractivity contribution is 0.0766. The number of aliphatic hydroxyl groups is 1. The van der Waals surface area contributed by atoms with Crippen LogP contribution in [0.3, 0.4) is 0 Å². The highest BCUT2D eigenvalue weighted by Crippen LogP contribution is 2.26. The quantitative estimate of drug-likeness (QED) is 0.900. The molecule has 0 aromatic heterocycles. The SMILES string of the molecule is COc1ccc(F)cc1NC(=O)N1CCCC(C(C)O)C1. The number of urea groups is 1. The number of nitrogens with zero attached hydrogens (tertiary/aromatic N) is 1. The van der Waals surface area contributed by atoms with Gasteiger partial charge < -0.3 is 20.1 Å². The average Bonchev–Trinajstić information content (AvgIpc) is 2.47. The van der Waals surface area contributed by atoms with E-state index in [1.807, 2.05) is 0 Å². The van der Waals surface area contributed by atoms with Crippen molar-refractivity contribution in [3.8, 4) is 5.75 Å². The van der Waals surface area contributed by atoms with Gasteiger partial charge in [-0.1, -0.05) is 0 Å². The van der Waals surface area contributed by atoms with E-state index in [2.05, 4.69) is 5.32 Å². The number of aliphatic hydroxyl groups excluding tert-OH is 1. The molecular weight excluding hydrogens is 275 g/mol. The van der Waals surface area contributed by atoms with Crippen LogP contribution in [-0.4, -0.2) is 42.3 Å². The van der Waals surface area contributed by atoms with E-state index in [4.69, 9.17) is 4.74 Å². The average molecular weight is 296 g/mol. The normalized spacial score (nSPS) is 20.0. The lowest BCUT2D eigenvalue weighted by Crippen LogP contribution is -2.44. The summed E-state index contributed by atoms with van der Waals surface area (Å²) in [6.07, 6.45) is 1.32. The third kappa shape index (κ3) is 3.85. The molecule has 1 aromatic carbocycles. The number of ether oxygens (including phenoxy) is 1. The standard InChI is InChI=1S/C15H21FN2O3/c1-10(19)11-4-3-7-18(9-11)15(20)17-13-8-12(16)5-6-14(13)21-2/h5-6,8,10-11,19H,3-4,7,9H2,1-2H3,(H,17,20). The topological polar surface area (TPSA) is 61.8 Å². The van der Waals surface area contributed by atoms with Gasteiger partial charge in [-0.05, 0) is 31.9 Å². The van der Waals surface area contributed by atoms with E-state index in [-0.39, 0.29) is 11.9 Å². The lowest BCUT2D eigenvalue weighted by Gasteiger charge is -2.34. The summed E-state index contributed by atoms with van der Waals surface area (Å²) >= 11 is 0. The second-order valence-electron chi connectivity index (χ2n) is 5.36. The minimum atomic E-state index is -0.440. The van der Waals surface area contributed by atoms with E-state index in [0.29, 0.717) is 24.5 Å². The van der Waals surface area contributed by atoms with Crippen LogP contribution in [-0.2, 0) is 0 Å². The minimum absolute atomic E-state index is 0.0823. The summed E-state index contributed by atoms with van der Waals surface area (Å²) in [7, 11) is 1.47. The summed E-state index contributed by atoms with van der Waals surface area (Å²) in [6, 6.07) is 3.68. The van der Waals surface area contributed by atoms with Gasteiger partial charge in [0.2, 0.25) is 0 Å². The highest BCUT2D eigenvalue weighted by atomic mass is 19.1. The van der Waals surface area contributed by atoms with Crippen LogP contribution < -0.4 is 10.1 Å². The molecule has 6 heteroatoms. The van der Waals surface area contributed by atoms with Crippen molar-refractivity contribution in [2.24, 2.45) is 5.92 Å². The third-order valence-corrected chi connectivity index (χ3v) is 3.83. The highest BCUT2D eigenvalue weighted by Gasteiger charge is 2.26. The number of rotatable bonds is 3. The van der Waals surface area contributed by atoms with E-state index in [0.717, 1.165) is 12.8 Å². The fourth-order valence-electron chi connectivity index (χ4n) is 2.56. The van der Waals surface area contributed by atoms with E-state index < -0.39 is 11.9 Å². The van der Waals surface area contributed by atoms with Gasteiger partial charge in [-0.25, -0.2) is 9.18 Å². The van der Waals surface area contributed by atoms with Crippen LogP contribution in [0.1, 0.15) is 19.8 Å². The molecule has 1 aromatic rings. The van der Waals surface area contributed by atoms with Crippen LogP contribution in [0.15, 0.2) is 18.2 Å². The molecule has 0 bridgehead atoms. The van der Waals surface area contributed by atoms with Crippen molar-refractivity contribution in [3.05, 3.63) is 24.0 Å². The minimum Gasteiger partial charge on any atom is -0.495 e. The van der Waals surface area contributed by atoms with Crippen molar-refractivity contribution in [2.45, 2.75) is 25.9 Å². The number of hydrogen-bond acceptors (Lipinski definition) is 3. The number of nitrogens with one attached hydrogen (secondary N) is 1. The molecular formula is C15H21FN2O3. The van der Waals surface area contributed by atoms with Gasteiger partial charge in [-0.2, -0.15) is 0 Å². The smallest absolute Gasteiger partial charge is 0.321 e. The van der Waals surface area contributed by atoms with E-state index in [9.17, 15) is 14.3 Å². The molecule has 116 valence electrons. The van der Waals surface area contributed by atoms with Crippen molar-refractivity contribution in [1.29, 1.82) is 0 Å². The predicted molar refractivity (Wildman–Crippen MR) is 77.9 cm³/mol. The first kappa shape index (κ1) is 15.6. The molecule has 0 saturated carbocycles. The Morgan fingerprint density at radius 1 is 1.57 bits per heavy atom. The molecule has 1 aliphatic heterocycles. The molecule has 1 heterocycles. The molecule has 1 aliphatic rings. The highest BCUT2D eigenvalue weighted by molar-refractivity contribution is 5.91. The predicted octanol–water partition coefficient (Wildman–Crippen LogP) is 2.46. The second-order valence-corrected chi connectivity index (χ2v) is 5.36.